The first-order valence-electron chi connectivity index (χ1n) is 5.46. The normalized spacial score (nSPS) is 17.2. The quantitative estimate of drug-likeness (QED) is 0.671. The maximum absolute atomic E-state index is 12.2. The number of carbonyl (C=O) groups excluding carboxylic acids is 1. The molecule has 5 heteroatoms. The van der Waals surface area contributed by atoms with E-state index < -0.39 is 0 Å². The van der Waals surface area contributed by atoms with E-state index in [2.05, 4.69) is 31.9 Å². The van der Waals surface area contributed by atoms with E-state index in [-0.39, 0.29) is 5.91 Å². The van der Waals surface area contributed by atoms with Crippen LogP contribution >= 0.6 is 43.5 Å². The van der Waals surface area contributed by atoms with Crippen LogP contribution < -0.4 is 0 Å². The minimum Gasteiger partial charge on any atom is -0.339 e. The van der Waals surface area contributed by atoms with Crippen LogP contribution in [0.25, 0.3) is 0 Å². The monoisotopic (exact) mass is 379 g/mol. The third-order valence-electron chi connectivity index (χ3n) is 2.88. The number of likely N-dealkylation sites (tertiary alicyclic amines) is 1. The summed E-state index contributed by atoms with van der Waals surface area (Å²) in [7, 11) is 0. The Morgan fingerprint density at radius 2 is 2.00 bits per heavy atom. The molecule has 1 aromatic rings. The van der Waals surface area contributed by atoms with Crippen LogP contribution in [-0.4, -0.2) is 28.7 Å². The lowest BCUT2D eigenvalue weighted by Crippen LogP contribution is -2.38. The van der Waals surface area contributed by atoms with Crippen LogP contribution in [0.2, 0.25) is 5.02 Å². The molecule has 0 N–H and O–H groups in total. The maximum Gasteiger partial charge on any atom is 0.253 e. The predicted octanol–water partition coefficient (Wildman–Crippen LogP) is 4.10. The Labute approximate surface area is 123 Å². The molecule has 0 aromatic heterocycles. The van der Waals surface area contributed by atoms with Crippen molar-refractivity contribution in [3.05, 3.63) is 33.3 Å². The summed E-state index contributed by atoms with van der Waals surface area (Å²) in [6.07, 6.45) is 2.02. The molecular formula is C12H12Br2ClNO. The smallest absolute Gasteiger partial charge is 0.253 e. The number of carbonyl (C=O) groups is 1. The molecule has 92 valence electrons. The summed E-state index contributed by atoms with van der Waals surface area (Å²) < 4.78 is 0.815. The van der Waals surface area contributed by atoms with Crippen molar-refractivity contribution in [3.63, 3.8) is 0 Å². The number of halogens is 3. The first-order valence-corrected chi connectivity index (χ1v) is 7.55. The topological polar surface area (TPSA) is 20.3 Å². The largest absolute Gasteiger partial charge is 0.339 e. The molecule has 1 amide bonds. The van der Waals surface area contributed by atoms with Gasteiger partial charge in [0.2, 0.25) is 0 Å². The van der Waals surface area contributed by atoms with E-state index >= 15 is 0 Å². The Balaban J connectivity index is 2.11. The number of alkyl halides is 1. The average molecular weight is 381 g/mol. The summed E-state index contributed by atoms with van der Waals surface area (Å²) in [4.78, 5) is 14.6. The molecule has 0 aliphatic carbocycles. The van der Waals surface area contributed by atoms with E-state index in [9.17, 15) is 4.79 Å². The van der Waals surface area contributed by atoms with E-state index in [1.54, 1.807) is 12.1 Å². The summed E-state index contributed by atoms with van der Waals surface area (Å²) in [5.74, 6) is 0.0683. The minimum atomic E-state index is 0.0683. The third-order valence-corrected chi connectivity index (χ3v) is 5.03. The van der Waals surface area contributed by atoms with Crippen LogP contribution in [0.15, 0.2) is 22.7 Å². The van der Waals surface area contributed by atoms with E-state index in [4.69, 9.17) is 11.6 Å². The van der Waals surface area contributed by atoms with Crippen molar-refractivity contribution in [3.8, 4) is 0 Å². The highest BCUT2D eigenvalue weighted by atomic mass is 79.9. The molecule has 1 aromatic carbocycles. The fraction of sp³-hybridized carbons (Fsp3) is 0.417. The highest BCUT2D eigenvalue weighted by molar-refractivity contribution is 9.10. The molecule has 1 saturated heterocycles. The Bertz CT molecular complexity index is 431. The summed E-state index contributed by atoms with van der Waals surface area (Å²) in [5, 5.41) is 0.575. The molecule has 0 unspecified atom stereocenters. The Morgan fingerprint density at radius 3 is 2.59 bits per heavy atom. The fourth-order valence-electron chi connectivity index (χ4n) is 1.86. The van der Waals surface area contributed by atoms with Gasteiger partial charge in [0.15, 0.2) is 0 Å². The second-order valence-corrected chi connectivity index (χ2v) is 6.65. The number of hydrogen-bond donors (Lipinski definition) is 0. The average Bonchev–Trinajstić information content (AvgIpc) is 2.33. The molecule has 2 rings (SSSR count). The lowest BCUT2D eigenvalue weighted by molar-refractivity contribution is 0.0728. The second-order valence-electron chi connectivity index (χ2n) is 4.10. The van der Waals surface area contributed by atoms with Crippen molar-refractivity contribution in [2.75, 3.05) is 13.1 Å². The van der Waals surface area contributed by atoms with Gasteiger partial charge in [0, 0.05) is 28.0 Å². The second kappa shape index (κ2) is 5.72. The molecule has 1 aliphatic rings. The zero-order chi connectivity index (χ0) is 12.4. The van der Waals surface area contributed by atoms with Gasteiger partial charge >= 0.3 is 0 Å². The van der Waals surface area contributed by atoms with Crippen LogP contribution in [0, 0.1) is 0 Å². The van der Waals surface area contributed by atoms with Gasteiger partial charge in [-0.15, -0.1) is 0 Å². The van der Waals surface area contributed by atoms with Gasteiger partial charge in [-0.25, -0.2) is 0 Å². The molecule has 0 radical (unpaired) electrons. The summed E-state index contributed by atoms with van der Waals surface area (Å²) in [6, 6.07) is 5.33. The molecule has 1 heterocycles. The van der Waals surface area contributed by atoms with Crippen LogP contribution in [0.4, 0.5) is 0 Å². The van der Waals surface area contributed by atoms with Crippen LogP contribution in [0.5, 0.6) is 0 Å². The lowest BCUT2D eigenvalue weighted by Gasteiger charge is -2.29. The molecule has 17 heavy (non-hydrogen) atoms. The first kappa shape index (κ1) is 13.4. The van der Waals surface area contributed by atoms with Gasteiger partial charge in [-0.3, -0.25) is 4.79 Å². The number of amides is 1. The highest BCUT2D eigenvalue weighted by Gasteiger charge is 2.22. The lowest BCUT2D eigenvalue weighted by atomic mass is 10.1. The molecule has 0 atom stereocenters. The molecule has 1 aliphatic heterocycles. The van der Waals surface area contributed by atoms with Gasteiger partial charge in [-0.1, -0.05) is 27.5 Å². The third kappa shape index (κ3) is 3.24. The SMILES string of the molecule is O=C(c1ccc(Br)c(Cl)c1)N1CCC(Br)CC1. The first-order chi connectivity index (χ1) is 8.08. The zero-order valence-corrected chi connectivity index (χ0v) is 13.1. The summed E-state index contributed by atoms with van der Waals surface area (Å²) in [6.45, 7) is 1.62. The van der Waals surface area contributed by atoms with Gasteiger partial charge in [-0.2, -0.15) is 0 Å². The predicted molar refractivity (Wildman–Crippen MR) is 77.0 cm³/mol. The fourth-order valence-corrected chi connectivity index (χ4v) is 2.70. The van der Waals surface area contributed by atoms with Crippen molar-refractivity contribution >= 4 is 49.4 Å². The molecule has 0 saturated carbocycles. The van der Waals surface area contributed by atoms with E-state index in [0.717, 1.165) is 30.4 Å². The standard InChI is InChI=1S/C12H12Br2ClNO/c13-9-3-5-16(6-4-9)12(17)8-1-2-10(14)11(15)7-8/h1-2,7,9H,3-6H2. The molecule has 0 spiro atoms. The van der Waals surface area contributed by atoms with Crippen molar-refractivity contribution in [2.45, 2.75) is 17.7 Å². The van der Waals surface area contributed by atoms with E-state index in [0.29, 0.717) is 15.4 Å². The van der Waals surface area contributed by atoms with E-state index in [1.165, 1.54) is 0 Å². The van der Waals surface area contributed by atoms with Crippen LogP contribution in [0.1, 0.15) is 23.2 Å². The molecule has 1 fully saturated rings. The summed E-state index contributed by atoms with van der Waals surface area (Å²) >= 11 is 12.9. The highest BCUT2D eigenvalue weighted by Crippen LogP contribution is 2.25. The van der Waals surface area contributed by atoms with Gasteiger partial charge in [0.1, 0.15) is 0 Å². The van der Waals surface area contributed by atoms with Crippen LogP contribution in [-0.2, 0) is 0 Å². The van der Waals surface area contributed by atoms with Gasteiger partial charge in [0.25, 0.3) is 5.91 Å². The van der Waals surface area contributed by atoms with Crippen molar-refractivity contribution in [1.29, 1.82) is 0 Å². The minimum absolute atomic E-state index is 0.0683. The van der Waals surface area contributed by atoms with Crippen LogP contribution in [0.3, 0.4) is 0 Å². The number of rotatable bonds is 1. The summed E-state index contributed by atoms with van der Waals surface area (Å²) in [5.41, 5.74) is 0.659. The van der Waals surface area contributed by atoms with Crippen molar-refractivity contribution < 1.29 is 4.79 Å². The molecule has 2 nitrogen and oxygen atoms in total. The Kier molecular flexibility index (Phi) is 4.50. The molecular weight excluding hydrogens is 369 g/mol. The number of piperidine rings is 1. The Morgan fingerprint density at radius 1 is 1.35 bits per heavy atom. The number of hydrogen-bond acceptors (Lipinski definition) is 1. The van der Waals surface area contributed by atoms with Crippen molar-refractivity contribution in [1.82, 2.24) is 4.90 Å². The van der Waals surface area contributed by atoms with Gasteiger partial charge in [0.05, 0.1) is 5.02 Å². The molecule has 0 bridgehead atoms. The number of nitrogens with zero attached hydrogens (tertiary/aromatic N) is 1. The van der Waals surface area contributed by atoms with Gasteiger partial charge < -0.3 is 4.90 Å². The van der Waals surface area contributed by atoms with Crippen molar-refractivity contribution in [2.24, 2.45) is 0 Å². The number of benzene rings is 1. The maximum atomic E-state index is 12.2. The Hall–Kier alpha value is -0.0600. The van der Waals surface area contributed by atoms with E-state index in [1.807, 2.05) is 11.0 Å². The van der Waals surface area contributed by atoms with Gasteiger partial charge in [-0.05, 0) is 47.0 Å². The zero-order valence-electron chi connectivity index (χ0n) is 9.13.